The molecule has 0 N–H and O–H groups in total. The summed E-state index contributed by atoms with van der Waals surface area (Å²) in [5.41, 5.74) is 2.54. The van der Waals surface area contributed by atoms with Crippen LogP contribution in [0, 0.1) is 18.3 Å². The summed E-state index contributed by atoms with van der Waals surface area (Å²) in [7, 11) is 1.74. The van der Waals surface area contributed by atoms with Gasteiger partial charge in [0.05, 0.1) is 42.1 Å². The van der Waals surface area contributed by atoms with Gasteiger partial charge in [-0.2, -0.15) is 10.4 Å². The van der Waals surface area contributed by atoms with Gasteiger partial charge in [0.15, 0.2) is 0 Å². The number of pyridine rings is 1. The van der Waals surface area contributed by atoms with E-state index >= 15 is 0 Å². The Labute approximate surface area is 209 Å². The van der Waals surface area contributed by atoms with Crippen molar-refractivity contribution in [1.29, 1.82) is 5.26 Å². The van der Waals surface area contributed by atoms with Crippen LogP contribution >= 0.6 is 35.0 Å². The van der Waals surface area contributed by atoms with Crippen molar-refractivity contribution in [2.45, 2.75) is 24.6 Å². The topological polar surface area (TPSA) is 95.1 Å². The maximum Gasteiger partial charge on any atom is 0.332 e. The molecule has 3 amide bonds. The van der Waals surface area contributed by atoms with Crippen molar-refractivity contribution in [3.8, 4) is 6.07 Å². The van der Waals surface area contributed by atoms with E-state index in [0.29, 0.717) is 32.2 Å². The normalized spacial score (nSPS) is 20.0. The zero-order valence-electron chi connectivity index (χ0n) is 18.2. The molecular weight excluding hydrogens is 495 g/mol. The lowest BCUT2D eigenvalue weighted by molar-refractivity contribution is -0.119. The van der Waals surface area contributed by atoms with E-state index in [9.17, 15) is 14.9 Å². The minimum atomic E-state index is -0.606. The van der Waals surface area contributed by atoms with Gasteiger partial charge in [-0.3, -0.25) is 14.5 Å². The molecule has 34 heavy (non-hydrogen) atoms. The lowest BCUT2D eigenvalue weighted by Gasteiger charge is -2.40. The molecular formula is C23H18Cl2N6O2S. The lowest BCUT2D eigenvalue weighted by Crippen LogP contribution is -2.62. The van der Waals surface area contributed by atoms with E-state index in [1.807, 2.05) is 13.0 Å². The maximum atomic E-state index is 13.7. The number of amides is 3. The number of aryl methyl sites for hydroxylation is 2. The van der Waals surface area contributed by atoms with Gasteiger partial charge in [-0.05, 0) is 30.7 Å². The molecule has 1 saturated heterocycles. The lowest BCUT2D eigenvalue weighted by atomic mass is 10.0. The minimum Gasteiger partial charge on any atom is -0.315 e. The summed E-state index contributed by atoms with van der Waals surface area (Å²) in [5, 5.41) is 14.6. The zero-order chi connectivity index (χ0) is 24.1. The maximum absolute atomic E-state index is 13.7. The van der Waals surface area contributed by atoms with Gasteiger partial charge in [-0.15, -0.1) is 11.8 Å². The van der Waals surface area contributed by atoms with Crippen LogP contribution in [0.5, 0.6) is 0 Å². The van der Waals surface area contributed by atoms with Crippen molar-refractivity contribution in [3.63, 3.8) is 0 Å². The third-order valence-corrected chi connectivity index (χ3v) is 8.05. The summed E-state index contributed by atoms with van der Waals surface area (Å²) in [6.45, 7) is 2.05. The summed E-state index contributed by atoms with van der Waals surface area (Å²) in [6.07, 6.45) is 6.76. The molecule has 5 rings (SSSR count). The highest BCUT2D eigenvalue weighted by atomic mass is 35.5. The van der Waals surface area contributed by atoms with Gasteiger partial charge in [-0.25, -0.2) is 9.69 Å². The second-order valence-electron chi connectivity index (χ2n) is 8.06. The van der Waals surface area contributed by atoms with Gasteiger partial charge in [0.1, 0.15) is 5.25 Å². The molecule has 11 heteroatoms. The minimum absolute atomic E-state index is 0.135. The van der Waals surface area contributed by atoms with Gasteiger partial charge in [-0.1, -0.05) is 23.2 Å². The Morgan fingerprint density at radius 1 is 1.18 bits per heavy atom. The molecule has 2 atom stereocenters. The van der Waals surface area contributed by atoms with Crippen LogP contribution < -0.4 is 4.90 Å². The SMILES string of the molecule is Cc1cc(Cl)c(C2=CC3C(S2)C(=O)N(c2cncc4cnn(C)c24)C(=O)N3CCC#N)cc1Cl. The summed E-state index contributed by atoms with van der Waals surface area (Å²) >= 11 is 14.2. The van der Waals surface area contributed by atoms with E-state index in [0.717, 1.165) is 15.4 Å². The summed E-state index contributed by atoms with van der Waals surface area (Å²) in [5.74, 6) is -0.357. The molecule has 0 saturated carbocycles. The van der Waals surface area contributed by atoms with E-state index < -0.39 is 17.3 Å². The van der Waals surface area contributed by atoms with Crippen LogP contribution in [0.2, 0.25) is 10.0 Å². The van der Waals surface area contributed by atoms with E-state index in [1.54, 1.807) is 41.2 Å². The number of urea groups is 1. The van der Waals surface area contributed by atoms with Crippen LogP contribution in [0.15, 0.2) is 36.8 Å². The molecule has 8 nitrogen and oxygen atoms in total. The number of anilines is 1. The van der Waals surface area contributed by atoms with Crippen LogP contribution in [0.25, 0.3) is 15.8 Å². The molecule has 4 heterocycles. The standard InChI is InChI=1S/C23H18Cl2N6O2S/c1-12-6-16(25)14(7-15(12)24)19-8-17-21(34-19)22(32)31(23(33)30(17)5-3-4-26)18-11-27-9-13-10-28-29(2)20(13)18/h6-11,17,21H,3,5H2,1-2H3. The second-order valence-corrected chi connectivity index (χ2v) is 10.1. The van der Waals surface area contributed by atoms with E-state index in [4.69, 9.17) is 23.2 Å². The number of halogens is 2. The van der Waals surface area contributed by atoms with Crippen molar-refractivity contribution < 1.29 is 9.59 Å². The first-order valence-electron chi connectivity index (χ1n) is 10.4. The average Bonchev–Trinajstić information content (AvgIpc) is 3.41. The Bertz CT molecular complexity index is 1430. The van der Waals surface area contributed by atoms with Crippen molar-refractivity contribution >= 4 is 68.4 Å². The Morgan fingerprint density at radius 3 is 2.74 bits per heavy atom. The molecule has 2 aliphatic heterocycles. The highest BCUT2D eigenvalue weighted by molar-refractivity contribution is 8.09. The third kappa shape index (κ3) is 3.54. The number of rotatable bonds is 4. The highest BCUT2D eigenvalue weighted by Gasteiger charge is 2.50. The number of carbonyl (C=O) groups is 2. The van der Waals surface area contributed by atoms with E-state index in [2.05, 4.69) is 16.2 Å². The molecule has 2 unspecified atom stereocenters. The largest absolute Gasteiger partial charge is 0.332 e. The van der Waals surface area contributed by atoms with Gasteiger partial charge in [0, 0.05) is 45.7 Å². The molecule has 172 valence electrons. The number of carbonyl (C=O) groups excluding carboxylic acids is 2. The summed E-state index contributed by atoms with van der Waals surface area (Å²) in [4.78, 5) is 35.1. The molecule has 2 aliphatic rings. The molecule has 1 aromatic carbocycles. The number of benzene rings is 1. The zero-order valence-corrected chi connectivity index (χ0v) is 20.5. The number of hydrogen-bond acceptors (Lipinski definition) is 6. The Kier molecular flexibility index (Phi) is 5.76. The first kappa shape index (κ1) is 22.7. The highest BCUT2D eigenvalue weighted by Crippen LogP contribution is 2.47. The van der Waals surface area contributed by atoms with Gasteiger partial charge in [0.2, 0.25) is 0 Å². The number of nitriles is 1. The smallest absolute Gasteiger partial charge is 0.315 e. The van der Waals surface area contributed by atoms with E-state index in [1.165, 1.54) is 18.0 Å². The van der Waals surface area contributed by atoms with E-state index in [-0.39, 0.29) is 18.9 Å². The fraction of sp³-hybridized carbons (Fsp3) is 0.261. The monoisotopic (exact) mass is 512 g/mol. The first-order chi connectivity index (χ1) is 16.3. The fourth-order valence-electron chi connectivity index (χ4n) is 4.32. The van der Waals surface area contributed by atoms with Crippen LogP contribution in [0.1, 0.15) is 17.5 Å². The second kappa shape index (κ2) is 8.62. The van der Waals surface area contributed by atoms with Gasteiger partial charge < -0.3 is 4.90 Å². The molecule has 0 bridgehead atoms. The number of fused-ring (bicyclic) bond motifs is 2. The number of thioether (sulfide) groups is 1. The van der Waals surface area contributed by atoms with Crippen LogP contribution in [0.3, 0.4) is 0 Å². The summed E-state index contributed by atoms with van der Waals surface area (Å²) < 4.78 is 1.61. The number of aromatic nitrogens is 3. The quantitative estimate of drug-likeness (QED) is 0.498. The predicted octanol–water partition coefficient (Wildman–Crippen LogP) is 4.79. The molecule has 2 aromatic heterocycles. The number of hydrogen-bond donors (Lipinski definition) is 0. The molecule has 1 fully saturated rings. The summed E-state index contributed by atoms with van der Waals surface area (Å²) in [6, 6.07) is 4.64. The van der Waals surface area contributed by atoms with Crippen molar-refractivity contribution in [2.24, 2.45) is 7.05 Å². The van der Waals surface area contributed by atoms with Crippen molar-refractivity contribution in [1.82, 2.24) is 19.7 Å². The van der Waals surface area contributed by atoms with Crippen molar-refractivity contribution in [2.75, 3.05) is 11.4 Å². The average molecular weight is 513 g/mol. The van der Waals surface area contributed by atoms with Gasteiger partial charge >= 0.3 is 6.03 Å². The van der Waals surface area contributed by atoms with Crippen molar-refractivity contribution in [3.05, 3.63) is 58.0 Å². The molecule has 3 aromatic rings. The number of nitrogens with zero attached hydrogens (tertiary/aromatic N) is 6. The molecule has 0 spiro atoms. The third-order valence-electron chi connectivity index (χ3n) is 5.99. The van der Waals surface area contributed by atoms with Crippen LogP contribution in [0.4, 0.5) is 10.5 Å². The first-order valence-corrected chi connectivity index (χ1v) is 12.1. The Morgan fingerprint density at radius 2 is 1.97 bits per heavy atom. The van der Waals surface area contributed by atoms with Gasteiger partial charge in [0.25, 0.3) is 5.91 Å². The number of imide groups is 1. The fourth-order valence-corrected chi connectivity index (χ4v) is 6.21. The van der Waals surface area contributed by atoms with Crippen LogP contribution in [-0.2, 0) is 11.8 Å². The Hall–Kier alpha value is -3.06. The molecule has 0 aliphatic carbocycles. The predicted molar refractivity (Wildman–Crippen MR) is 133 cm³/mol. The van der Waals surface area contributed by atoms with Crippen LogP contribution in [-0.4, -0.2) is 49.4 Å². The molecule has 0 radical (unpaired) electrons. The Balaban J connectivity index is 1.60.